The molecular weight excluding hydrogens is 298 g/mol. The van der Waals surface area contributed by atoms with Gasteiger partial charge in [-0.2, -0.15) is 0 Å². The third-order valence-corrected chi connectivity index (χ3v) is 4.70. The predicted molar refractivity (Wildman–Crippen MR) is 86.9 cm³/mol. The van der Waals surface area contributed by atoms with Gasteiger partial charge < -0.3 is 14.8 Å². The molecular formula is C16H15N3O2S. The molecule has 0 aliphatic carbocycles. The summed E-state index contributed by atoms with van der Waals surface area (Å²) in [6, 6.07) is 6.07. The first-order chi connectivity index (χ1) is 10.8. The summed E-state index contributed by atoms with van der Waals surface area (Å²) in [4.78, 5) is 9.70. The lowest BCUT2D eigenvalue weighted by Gasteiger charge is -2.08. The molecule has 1 aromatic carbocycles. The highest BCUT2D eigenvalue weighted by Gasteiger charge is 2.13. The van der Waals surface area contributed by atoms with Crippen molar-refractivity contribution in [3.8, 4) is 11.5 Å². The Labute approximate surface area is 131 Å². The van der Waals surface area contributed by atoms with Crippen LogP contribution in [0.3, 0.4) is 0 Å². The van der Waals surface area contributed by atoms with Gasteiger partial charge in [-0.05, 0) is 42.0 Å². The predicted octanol–water partition coefficient (Wildman–Crippen LogP) is 3.38. The molecule has 112 valence electrons. The minimum absolute atomic E-state index is 0.313. The zero-order valence-corrected chi connectivity index (χ0v) is 12.9. The van der Waals surface area contributed by atoms with E-state index in [1.165, 1.54) is 11.1 Å². The SMILES string of the molecule is Cc1csc2ncnc(NCCc3ccc4c(c3)OCO4)c12. The topological polar surface area (TPSA) is 56.3 Å². The van der Waals surface area contributed by atoms with Crippen molar-refractivity contribution in [1.82, 2.24) is 9.97 Å². The summed E-state index contributed by atoms with van der Waals surface area (Å²) in [6.45, 7) is 3.21. The van der Waals surface area contributed by atoms with E-state index in [2.05, 4.69) is 33.7 Å². The molecule has 1 aliphatic heterocycles. The molecule has 0 atom stereocenters. The van der Waals surface area contributed by atoms with E-state index in [0.29, 0.717) is 6.79 Å². The van der Waals surface area contributed by atoms with E-state index in [1.807, 2.05) is 12.1 Å². The Bertz CT molecular complexity index is 831. The molecule has 1 aliphatic rings. The maximum atomic E-state index is 5.40. The van der Waals surface area contributed by atoms with E-state index in [0.717, 1.165) is 40.5 Å². The summed E-state index contributed by atoms with van der Waals surface area (Å²) in [7, 11) is 0. The highest BCUT2D eigenvalue weighted by molar-refractivity contribution is 7.17. The lowest BCUT2D eigenvalue weighted by atomic mass is 10.1. The number of ether oxygens (including phenoxy) is 2. The van der Waals surface area contributed by atoms with Crippen molar-refractivity contribution in [2.45, 2.75) is 13.3 Å². The second-order valence-electron chi connectivity index (χ2n) is 5.19. The van der Waals surface area contributed by atoms with Crippen LogP contribution in [0.1, 0.15) is 11.1 Å². The molecule has 2 aromatic heterocycles. The number of aryl methyl sites for hydroxylation is 1. The minimum atomic E-state index is 0.313. The summed E-state index contributed by atoms with van der Waals surface area (Å²) in [5.41, 5.74) is 2.43. The monoisotopic (exact) mass is 313 g/mol. The van der Waals surface area contributed by atoms with Gasteiger partial charge in [0.25, 0.3) is 0 Å². The van der Waals surface area contributed by atoms with Crippen LogP contribution in [0.4, 0.5) is 5.82 Å². The Morgan fingerprint density at radius 3 is 3.09 bits per heavy atom. The van der Waals surface area contributed by atoms with Crippen molar-refractivity contribution in [1.29, 1.82) is 0 Å². The van der Waals surface area contributed by atoms with Crippen LogP contribution in [0.2, 0.25) is 0 Å². The van der Waals surface area contributed by atoms with Crippen LogP contribution in [0.15, 0.2) is 29.9 Å². The van der Waals surface area contributed by atoms with Crippen LogP contribution in [0.25, 0.3) is 10.2 Å². The number of thiophene rings is 1. The van der Waals surface area contributed by atoms with Crippen molar-refractivity contribution in [3.63, 3.8) is 0 Å². The second kappa shape index (κ2) is 5.46. The van der Waals surface area contributed by atoms with Gasteiger partial charge in [-0.25, -0.2) is 9.97 Å². The first kappa shape index (κ1) is 13.3. The van der Waals surface area contributed by atoms with Gasteiger partial charge in [0.15, 0.2) is 11.5 Å². The Hall–Kier alpha value is -2.34. The third-order valence-electron chi connectivity index (χ3n) is 3.70. The van der Waals surface area contributed by atoms with E-state index in [9.17, 15) is 0 Å². The van der Waals surface area contributed by atoms with E-state index < -0.39 is 0 Å². The third kappa shape index (κ3) is 2.35. The maximum absolute atomic E-state index is 5.40. The highest BCUT2D eigenvalue weighted by atomic mass is 32.1. The summed E-state index contributed by atoms with van der Waals surface area (Å²) >= 11 is 1.65. The van der Waals surface area contributed by atoms with Gasteiger partial charge in [0.05, 0.1) is 5.39 Å². The smallest absolute Gasteiger partial charge is 0.231 e. The number of benzene rings is 1. The Morgan fingerprint density at radius 1 is 1.23 bits per heavy atom. The number of nitrogens with zero attached hydrogens (tertiary/aromatic N) is 2. The van der Waals surface area contributed by atoms with Gasteiger partial charge in [-0.15, -0.1) is 11.3 Å². The van der Waals surface area contributed by atoms with Gasteiger partial charge in [0.2, 0.25) is 6.79 Å². The van der Waals surface area contributed by atoms with Crippen molar-refractivity contribution < 1.29 is 9.47 Å². The van der Waals surface area contributed by atoms with Gasteiger partial charge in [0.1, 0.15) is 17.0 Å². The molecule has 4 rings (SSSR count). The summed E-state index contributed by atoms with van der Waals surface area (Å²) in [5, 5.41) is 6.65. The van der Waals surface area contributed by atoms with Gasteiger partial charge in [0, 0.05) is 6.54 Å². The molecule has 0 fully saturated rings. The summed E-state index contributed by atoms with van der Waals surface area (Å²) in [5.74, 6) is 2.56. The fourth-order valence-corrected chi connectivity index (χ4v) is 3.46. The average molecular weight is 313 g/mol. The molecule has 6 heteroatoms. The second-order valence-corrected chi connectivity index (χ2v) is 6.04. The van der Waals surface area contributed by atoms with Crippen LogP contribution in [-0.2, 0) is 6.42 Å². The highest BCUT2D eigenvalue weighted by Crippen LogP contribution is 2.32. The first-order valence-electron chi connectivity index (χ1n) is 7.12. The van der Waals surface area contributed by atoms with Crippen molar-refractivity contribution in [3.05, 3.63) is 41.0 Å². The van der Waals surface area contributed by atoms with E-state index in [4.69, 9.17) is 9.47 Å². The number of rotatable bonds is 4. The largest absolute Gasteiger partial charge is 0.454 e. The maximum Gasteiger partial charge on any atom is 0.231 e. The lowest BCUT2D eigenvalue weighted by Crippen LogP contribution is -2.07. The molecule has 0 bridgehead atoms. The quantitative estimate of drug-likeness (QED) is 0.800. The lowest BCUT2D eigenvalue weighted by molar-refractivity contribution is 0.174. The summed E-state index contributed by atoms with van der Waals surface area (Å²) < 4.78 is 10.7. The molecule has 5 nitrogen and oxygen atoms in total. The minimum Gasteiger partial charge on any atom is -0.454 e. The molecule has 0 saturated heterocycles. The zero-order valence-electron chi connectivity index (χ0n) is 12.1. The number of fused-ring (bicyclic) bond motifs is 2. The standard InChI is InChI=1S/C16H15N3O2S/c1-10-7-22-16-14(10)15(18-8-19-16)17-5-4-11-2-3-12-13(6-11)21-9-20-12/h2-3,6-8H,4-5,9H2,1H3,(H,17,18,19). The molecule has 22 heavy (non-hydrogen) atoms. The van der Waals surface area contributed by atoms with E-state index in [-0.39, 0.29) is 0 Å². The van der Waals surface area contributed by atoms with Crippen molar-refractivity contribution in [2.75, 3.05) is 18.7 Å². The number of nitrogens with one attached hydrogen (secondary N) is 1. The van der Waals surface area contributed by atoms with Crippen LogP contribution in [0.5, 0.6) is 11.5 Å². The normalized spacial score (nSPS) is 12.8. The Balaban J connectivity index is 1.47. The van der Waals surface area contributed by atoms with Gasteiger partial charge >= 0.3 is 0 Å². The first-order valence-corrected chi connectivity index (χ1v) is 8.00. The molecule has 0 unspecified atom stereocenters. The van der Waals surface area contributed by atoms with E-state index in [1.54, 1.807) is 17.7 Å². The molecule has 0 spiro atoms. The average Bonchev–Trinajstić information content (AvgIpc) is 3.14. The molecule has 0 saturated carbocycles. The molecule has 0 amide bonds. The van der Waals surface area contributed by atoms with Crippen LogP contribution < -0.4 is 14.8 Å². The van der Waals surface area contributed by atoms with Gasteiger partial charge in [-0.1, -0.05) is 6.07 Å². The van der Waals surface area contributed by atoms with Crippen molar-refractivity contribution >= 4 is 27.4 Å². The molecule has 3 aromatic rings. The van der Waals surface area contributed by atoms with Crippen LogP contribution in [-0.4, -0.2) is 23.3 Å². The summed E-state index contributed by atoms with van der Waals surface area (Å²) in [6.07, 6.45) is 2.51. The molecule has 1 N–H and O–H groups in total. The number of aromatic nitrogens is 2. The van der Waals surface area contributed by atoms with Crippen LogP contribution >= 0.6 is 11.3 Å². The van der Waals surface area contributed by atoms with Crippen molar-refractivity contribution in [2.24, 2.45) is 0 Å². The number of hydrogen-bond donors (Lipinski definition) is 1. The number of hydrogen-bond acceptors (Lipinski definition) is 6. The fourth-order valence-electron chi connectivity index (χ4n) is 2.57. The number of anilines is 1. The Morgan fingerprint density at radius 2 is 2.14 bits per heavy atom. The van der Waals surface area contributed by atoms with E-state index >= 15 is 0 Å². The Kier molecular flexibility index (Phi) is 3.31. The van der Waals surface area contributed by atoms with Gasteiger partial charge in [-0.3, -0.25) is 0 Å². The molecule has 3 heterocycles. The van der Waals surface area contributed by atoms with Crippen LogP contribution in [0, 0.1) is 6.92 Å². The fraction of sp³-hybridized carbons (Fsp3) is 0.250. The zero-order chi connectivity index (χ0) is 14.9. The molecule has 0 radical (unpaired) electrons.